The Morgan fingerprint density at radius 1 is 1.33 bits per heavy atom. The molecule has 2 rings (SSSR count). The zero-order chi connectivity index (χ0) is 13.1. The van der Waals surface area contributed by atoms with Crippen LogP contribution in [0.3, 0.4) is 0 Å². The standard InChI is InChI=1S/C14H15BrFNS/c1-9-3-6-14(18-9)10(2)17-8-11-4-5-12(15)7-13(11)16/h3-7,10,17H,8H2,1-2H3. The molecule has 0 radical (unpaired) electrons. The first-order valence-corrected chi connectivity index (χ1v) is 7.41. The van der Waals surface area contributed by atoms with Crippen LogP contribution in [0.15, 0.2) is 34.8 Å². The van der Waals surface area contributed by atoms with Gasteiger partial charge in [0, 0.05) is 32.4 Å². The molecule has 4 heteroatoms. The van der Waals surface area contributed by atoms with Gasteiger partial charge >= 0.3 is 0 Å². The number of hydrogen-bond acceptors (Lipinski definition) is 2. The summed E-state index contributed by atoms with van der Waals surface area (Å²) in [4.78, 5) is 2.58. The Hall–Kier alpha value is -0.710. The molecule has 0 amide bonds. The van der Waals surface area contributed by atoms with Crippen molar-refractivity contribution in [1.29, 1.82) is 0 Å². The van der Waals surface area contributed by atoms with Crippen LogP contribution in [0, 0.1) is 12.7 Å². The van der Waals surface area contributed by atoms with Crippen molar-refractivity contribution in [2.75, 3.05) is 0 Å². The molecule has 1 atom stereocenters. The first kappa shape index (κ1) is 13.7. The molecule has 18 heavy (non-hydrogen) atoms. The molecule has 1 nitrogen and oxygen atoms in total. The van der Waals surface area contributed by atoms with Crippen molar-refractivity contribution in [2.24, 2.45) is 0 Å². The third-order valence-electron chi connectivity index (χ3n) is 2.80. The van der Waals surface area contributed by atoms with Crippen molar-refractivity contribution >= 4 is 27.3 Å². The highest BCUT2D eigenvalue weighted by Crippen LogP contribution is 2.23. The number of hydrogen-bond donors (Lipinski definition) is 1. The molecular formula is C14H15BrFNS. The maximum atomic E-state index is 13.6. The van der Waals surface area contributed by atoms with Gasteiger partial charge in [-0.1, -0.05) is 22.0 Å². The first-order chi connectivity index (χ1) is 8.56. The second-order valence-electron chi connectivity index (χ2n) is 4.29. The summed E-state index contributed by atoms with van der Waals surface area (Å²) < 4.78 is 14.4. The Morgan fingerprint density at radius 2 is 2.11 bits per heavy atom. The van der Waals surface area contributed by atoms with E-state index >= 15 is 0 Å². The van der Waals surface area contributed by atoms with Crippen molar-refractivity contribution < 1.29 is 4.39 Å². The molecule has 0 aliphatic heterocycles. The molecule has 2 aromatic rings. The van der Waals surface area contributed by atoms with Gasteiger partial charge in [0.05, 0.1) is 0 Å². The number of thiophene rings is 1. The number of nitrogens with one attached hydrogen (secondary N) is 1. The average molecular weight is 328 g/mol. The van der Waals surface area contributed by atoms with Gasteiger partial charge in [0.2, 0.25) is 0 Å². The molecule has 0 saturated heterocycles. The van der Waals surface area contributed by atoms with Gasteiger partial charge in [-0.2, -0.15) is 0 Å². The van der Waals surface area contributed by atoms with E-state index in [9.17, 15) is 4.39 Å². The molecule has 1 N–H and O–H groups in total. The van der Waals surface area contributed by atoms with E-state index in [2.05, 4.69) is 47.2 Å². The normalized spacial score (nSPS) is 12.7. The van der Waals surface area contributed by atoms with Crippen LogP contribution in [0.25, 0.3) is 0 Å². The number of aryl methyl sites for hydroxylation is 1. The lowest BCUT2D eigenvalue weighted by Gasteiger charge is -2.12. The van der Waals surface area contributed by atoms with Crippen LogP contribution >= 0.6 is 27.3 Å². The summed E-state index contributed by atoms with van der Waals surface area (Å²) >= 11 is 5.03. The number of halogens is 2. The van der Waals surface area contributed by atoms with Crippen LogP contribution in [-0.2, 0) is 6.54 Å². The summed E-state index contributed by atoms with van der Waals surface area (Å²) in [7, 11) is 0. The molecule has 0 fully saturated rings. The third-order valence-corrected chi connectivity index (χ3v) is 4.48. The van der Waals surface area contributed by atoms with E-state index in [4.69, 9.17) is 0 Å². The lowest BCUT2D eigenvalue weighted by Crippen LogP contribution is -2.17. The fraction of sp³-hybridized carbons (Fsp3) is 0.286. The minimum atomic E-state index is -0.175. The van der Waals surface area contributed by atoms with Crippen LogP contribution in [-0.4, -0.2) is 0 Å². The summed E-state index contributed by atoms with van der Waals surface area (Å²) in [5.41, 5.74) is 0.693. The van der Waals surface area contributed by atoms with E-state index in [0.717, 1.165) is 4.47 Å². The molecule has 0 aliphatic carbocycles. The Balaban J connectivity index is 1.99. The quantitative estimate of drug-likeness (QED) is 0.849. The summed E-state index contributed by atoms with van der Waals surface area (Å²) in [6.45, 7) is 4.73. The van der Waals surface area contributed by atoms with Crippen LogP contribution in [0.4, 0.5) is 4.39 Å². The van der Waals surface area contributed by atoms with Crippen LogP contribution in [0.1, 0.15) is 28.3 Å². The lowest BCUT2D eigenvalue weighted by molar-refractivity contribution is 0.548. The molecule has 96 valence electrons. The average Bonchev–Trinajstić information content (AvgIpc) is 2.74. The van der Waals surface area contributed by atoms with E-state index in [-0.39, 0.29) is 11.9 Å². The molecule has 1 heterocycles. The van der Waals surface area contributed by atoms with Crippen LogP contribution < -0.4 is 5.32 Å². The van der Waals surface area contributed by atoms with Gasteiger partial charge in [-0.15, -0.1) is 11.3 Å². The van der Waals surface area contributed by atoms with E-state index < -0.39 is 0 Å². The van der Waals surface area contributed by atoms with E-state index in [1.54, 1.807) is 17.4 Å². The van der Waals surface area contributed by atoms with Gasteiger partial charge in [0.1, 0.15) is 5.82 Å². The summed E-state index contributed by atoms with van der Waals surface area (Å²) in [5, 5.41) is 3.34. The van der Waals surface area contributed by atoms with E-state index in [0.29, 0.717) is 12.1 Å². The van der Waals surface area contributed by atoms with Crippen molar-refractivity contribution in [3.8, 4) is 0 Å². The fourth-order valence-electron chi connectivity index (χ4n) is 1.71. The van der Waals surface area contributed by atoms with E-state index in [1.165, 1.54) is 15.8 Å². The molecule has 1 unspecified atom stereocenters. The predicted molar refractivity (Wildman–Crippen MR) is 78.4 cm³/mol. The van der Waals surface area contributed by atoms with Crippen LogP contribution in [0.2, 0.25) is 0 Å². The predicted octanol–water partition coefficient (Wildman–Crippen LogP) is 4.81. The lowest BCUT2D eigenvalue weighted by atomic mass is 10.2. The van der Waals surface area contributed by atoms with Gasteiger partial charge in [0.25, 0.3) is 0 Å². The second kappa shape index (κ2) is 5.95. The first-order valence-electron chi connectivity index (χ1n) is 5.80. The maximum absolute atomic E-state index is 13.6. The van der Waals surface area contributed by atoms with Gasteiger partial charge in [0.15, 0.2) is 0 Å². The zero-order valence-electron chi connectivity index (χ0n) is 10.3. The number of rotatable bonds is 4. The van der Waals surface area contributed by atoms with Gasteiger partial charge in [-0.25, -0.2) is 4.39 Å². The monoisotopic (exact) mass is 327 g/mol. The van der Waals surface area contributed by atoms with Crippen molar-refractivity contribution in [2.45, 2.75) is 26.4 Å². The summed E-state index contributed by atoms with van der Waals surface area (Å²) in [5.74, 6) is -0.175. The summed E-state index contributed by atoms with van der Waals surface area (Å²) in [6.07, 6.45) is 0. The topological polar surface area (TPSA) is 12.0 Å². The Labute approximate surface area is 119 Å². The molecular weight excluding hydrogens is 313 g/mol. The Morgan fingerprint density at radius 3 is 2.72 bits per heavy atom. The Bertz CT molecular complexity index is 538. The highest BCUT2D eigenvalue weighted by molar-refractivity contribution is 9.10. The van der Waals surface area contributed by atoms with Crippen LogP contribution in [0.5, 0.6) is 0 Å². The van der Waals surface area contributed by atoms with Gasteiger partial charge in [-0.05, 0) is 38.1 Å². The largest absolute Gasteiger partial charge is 0.305 e. The van der Waals surface area contributed by atoms with Crippen molar-refractivity contribution in [3.05, 3.63) is 55.9 Å². The molecule has 0 spiro atoms. The minimum Gasteiger partial charge on any atom is -0.305 e. The smallest absolute Gasteiger partial charge is 0.128 e. The third kappa shape index (κ3) is 3.40. The van der Waals surface area contributed by atoms with Crippen molar-refractivity contribution in [1.82, 2.24) is 5.32 Å². The maximum Gasteiger partial charge on any atom is 0.128 e. The highest BCUT2D eigenvalue weighted by atomic mass is 79.9. The van der Waals surface area contributed by atoms with Gasteiger partial charge < -0.3 is 5.32 Å². The molecule has 0 bridgehead atoms. The molecule has 0 saturated carbocycles. The SMILES string of the molecule is Cc1ccc(C(C)NCc2ccc(Br)cc2F)s1. The highest BCUT2D eigenvalue weighted by Gasteiger charge is 2.09. The van der Waals surface area contributed by atoms with E-state index in [1.807, 2.05) is 6.07 Å². The van der Waals surface area contributed by atoms with Crippen molar-refractivity contribution in [3.63, 3.8) is 0 Å². The zero-order valence-corrected chi connectivity index (χ0v) is 12.7. The second-order valence-corrected chi connectivity index (χ2v) is 6.52. The minimum absolute atomic E-state index is 0.175. The number of benzene rings is 1. The molecule has 0 aliphatic rings. The Kier molecular flexibility index (Phi) is 4.54. The molecule has 1 aromatic heterocycles. The summed E-state index contributed by atoms with van der Waals surface area (Å²) in [6, 6.07) is 9.64. The molecule has 1 aromatic carbocycles. The van der Waals surface area contributed by atoms with Gasteiger partial charge in [-0.3, -0.25) is 0 Å². The fourth-order valence-corrected chi connectivity index (χ4v) is 2.95.